The molecule has 0 radical (unpaired) electrons. The number of amides is 1. The molecular formula is C18H18Br2N2O3. The maximum absolute atomic E-state index is 12.0. The first-order valence-corrected chi connectivity index (χ1v) is 9.20. The number of hydrogen-bond donors (Lipinski definition) is 1. The molecule has 0 saturated carbocycles. The van der Waals surface area contributed by atoms with E-state index in [9.17, 15) is 4.79 Å². The van der Waals surface area contributed by atoms with Crippen LogP contribution in [0.5, 0.6) is 11.5 Å². The van der Waals surface area contributed by atoms with E-state index < -0.39 is 0 Å². The lowest BCUT2D eigenvalue weighted by Gasteiger charge is -2.12. The third kappa shape index (κ3) is 5.57. The molecule has 0 aliphatic carbocycles. The number of nitrogens with zero attached hydrogens (tertiary/aromatic N) is 1. The second-order valence-electron chi connectivity index (χ2n) is 5.02. The normalized spacial score (nSPS) is 11.1. The Bertz CT molecular complexity index is 764. The van der Waals surface area contributed by atoms with Gasteiger partial charge < -0.3 is 9.47 Å². The molecule has 0 bridgehead atoms. The quantitative estimate of drug-likeness (QED) is 0.478. The minimum atomic E-state index is -0.348. The summed E-state index contributed by atoms with van der Waals surface area (Å²) >= 11 is 6.77. The van der Waals surface area contributed by atoms with Crippen LogP contribution in [0.4, 0.5) is 0 Å². The Labute approximate surface area is 163 Å². The molecule has 0 spiro atoms. The van der Waals surface area contributed by atoms with Gasteiger partial charge in [0.1, 0.15) is 0 Å². The van der Waals surface area contributed by atoms with E-state index in [4.69, 9.17) is 9.47 Å². The number of carbonyl (C=O) groups is 1. The number of rotatable bonds is 7. The van der Waals surface area contributed by atoms with Crippen molar-refractivity contribution >= 4 is 43.5 Å². The molecule has 0 aliphatic rings. The predicted molar refractivity (Wildman–Crippen MR) is 105 cm³/mol. The van der Waals surface area contributed by atoms with E-state index in [-0.39, 0.29) is 12.5 Å². The first-order valence-electron chi connectivity index (χ1n) is 7.61. The van der Waals surface area contributed by atoms with E-state index in [1.165, 1.54) is 0 Å². The fraction of sp³-hybridized carbons (Fsp3) is 0.222. The van der Waals surface area contributed by atoms with Gasteiger partial charge in [0, 0.05) is 4.47 Å². The van der Waals surface area contributed by atoms with Crippen LogP contribution >= 0.6 is 31.9 Å². The highest BCUT2D eigenvalue weighted by molar-refractivity contribution is 9.11. The van der Waals surface area contributed by atoms with Gasteiger partial charge in [-0.15, -0.1) is 0 Å². The molecule has 0 atom stereocenters. The lowest BCUT2D eigenvalue weighted by atomic mass is 10.1. The van der Waals surface area contributed by atoms with Crippen LogP contribution in [0.15, 0.2) is 56.5 Å². The highest BCUT2D eigenvalue weighted by atomic mass is 79.9. The third-order valence-electron chi connectivity index (χ3n) is 3.30. The van der Waals surface area contributed by atoms with Gasteiger partial charge in [0.2, 0.25) is 0 Å². The standard InChI is InChI=1S/C18H18Br2N2O3/c1-3-15(12-7-5-4-6-8-12)21-22-17(23)11-25-18-14(20)9-13(19)10-16(18)24-2/h4-10H,3,11H2,1-2H3,(H,22,23)/b21-15+. The molecule has 0 aromatic heterocycles. The van der Waals surface area contributed by atoms with Gasteiger partial charge in [-0.25, -0.2) is 5.43 Å². The second kappa shape index (κ2) is 9.58. The van der Waals surface area contributed by atoms with Gasteiger partial charge in [0.15, 0.2) is 18.1 Å². The van der Waals surface area contributed by atoms with Crippen LogP contribution in [0.25, 0.3) is 0 Å². The SMILES string of the molecule is CC/C(=N\NC(=O)COc1c(Br)cc(Br)cc1OC)c1ccccc1. The van der Waals surface area contributed by atoms with Crippen molar-refractivity contribution in [3.63, 3.8) is 0 Å². The van der Waals surface area contributed by atoms with Crippen LogP contribution < -0.4 is 14.9 Å². The molecule has 25 heavy (non-hydrogen) atoms. The average Bonchev–Trinajstić information content (AvgIpc) is 2.61. The molecule has 132 valence electrons. The van der Waals surface area contributed by atoms with Gasteiger partial charge in [0.05, 0.1) is 17.3 Å². The van der Waals surface area contributed by atoms with Crippen molar-refractivity contribution in [3.05, 3.63) is 57.0 Å². The number of methoxy groups -OCH3 is 1. The minimum absolute atomic E-state index is 0.175. The van der Waals surface area contributed by atoms with Gasteiger partial charge in [-0.1, -0.05) is 53.2 Å². The number of nitrogens with one attached hydrogen (secondary N) is 1. The van der Waals surface area contributed by atoms with E-state index in [0.29, 0.717) is 22.4 Å². The fourth-order valence-corrected chi connectivity index (χ4v) is 3.41. The number of carbonyl (C=O) groups excluding carboxylic acids is 1. The highest BCUT2D eigenvalue weighted by Gasteiger charge is 2.13. The largest absolute Gasteiger partial charge is 0.493 e. The van der Waals surface area contributed by atoms with E-state index in [1.54, 1.807) is 13.2 Å². The van der Waals surface area contributed by atoms with Crippen LogP contribution in [0.2, 0.25) is 0 Å². The first kappa shape index (κ1) is 19.5. The summed E-state index contributed by atoms with van der Waals surface area (Å²) < 4.78 is 12.4. The number of benzene rings is 2. The van der Waals surface area contributed by atoms with Crippen LogP contribution in [-0.4, -0.2) is 25.3 Å². The number of hydrazone groups is 1. The maximum Gasteiger partial charge on any atom is 0.277 e. The van der Waals surface area contributed by atoms with Gasteiger partial charge in [-0.2, -0.15) is 5.10 Å². The number of hydrogen-bond acceptors (Lipinski definition) is 4. The fourth-order valence-electron chi connectivity index (χ4n) is 2.11. The first-order chi connectivity index (χ1) is 12.0. The summed E-state index contributed by atoms with van der Waals surface area (Å²) in [4.78, 5) is 12.0. The van der Waals surface area contributed by atoms with Crippen LogP contribution in [0.1, 0.15) is 18.9 Å². The molecule has 2 aromatic rings. The Morgan fingerprint density at radius 2 is 1.92 bits per heavy atom. The Kier molecular flexibility index (Phi) is 7.46. The molecule has 1 N–H and O–H groups in total. The molecule has 2 rings (SSSR count). The van der Waals surface area contributed by atoms with Crippen molar-refractivity contribution in [2.45, 2.75) is 13.3 Å². The van der Waals surface area contributed by atoms with E-state index in [1.807, 2.05) is 43.3 Å². The minimum Gasteiger partial charge on any atom is -0.493 e. The van der Waals surface area contributed by atoms with E-state index in [0.717, 1.165) is 15.7 Å². The smallest absolute Gasteiger partial charge is 0.277 e. The number of halogens is 2. The Balaban J connectivity index is 2.00. The molecular weight excluding hydrogens is 452 g/mol. The molecule has 5 nitrogen and oxygen atoms in total. The molecule has 0 heterocycles. The number of ether oxygens (including phenoxy) is 2. The predicted octanol–water partition coefficient (Wildman–Crippen LogP) is 4.53. The Hall–Kier alpha value is -1.86. The maximum atomic E-state index is 12.0. The molecule has 7 heteroatoms. The molecule has 0 unspecified atom stereocenters. The van der Waals surface area contributed by atoms with Crippen molar-refractivity contribution in [1.82, 2.24) is 5.43 Å². The zero-order valence-corrected chi connectivity index (χ0v) is 17.1. The highest BCUT2D eigenvalue weighted by Crippen LogP contribution is 2.38. The van der Waals surface area contributed by atoms with Crippen molar-refractivity contribution in [3.8, 4) is 11.5 Å². The lowest BCUT2D eigenvalue weighted by molar-refractivity contribution is -0.123. The zero-order valence-electron chi connectivity index (χ0n) is 13.9. The van der Waals surface area contributed by atoms with Gasteiger partial charge in [-0.3, -0.25) is 4.79 Å². The topological polar surface area (TPSA) is 59.9 Å². The monoisotopic (exact) mass is 468 g/mol. The van der Waals surface area contributed by atoms with E-state index in [2.05, 4.69) is 42.4 Å². The third-order valence-corrected chi connectivity index (χ3v) is 4.35. The second-order valence-corrected chi connectivity index (χ2v) is 6.79. The Morgan fingerprint density at radius 3 is 2.56 bits per heavy atom. The lowest BCUT2D eigenvalue weighted by Crippen LogP contribution is -2.26. The molecule has 1 amide bonds. The summed E-state index contributed by atoms with van der Waals surface area (Å²) in [5, 5.41) is 4.19. The summed E-state index contributed by atoms with van der Waals surface area (Å²) in [6.07, 6.45) is 0.706. The van der Waals surface area contributed by atoms with Gasteiger partial charge in [0.25, 0.3) is 5.91 Å². The summed E-state index contributed by atoms with van der Waals surface area (Å²) in [6, 6.07) is 13.3. The van der Waals surface area contributed by atoms with Crippen molar-refractivity contribution in [2.75, 3.05) is 13.7 Å². The average molecular weight is 470 g/mol. The van der Waals surface area contributed by atoms with Crippen molar-refractivity contribution < 1.29 is 14.3 Å². The van der Waals surface area contributed by atoms with Crippen LogP contribution in [0, 0.1) is 0 Å². The van der Waals surface area contributed by atoms with Gasteiger partial charge in [-0.05, 0) is 40.0 Å². The van der Waals surface area contributed by atoms with Crippen LogP contribution in [0.3, 0.4) is 0 Å². The molecule has 0 fully saturated rings. The van der Waals surface area contributed by atoms with Crippen LogP contribution in [-0.2, 0) is 4.79 Å². The summed E-state index contributed by atoms with van der Waals surface area (Å²) in [5.41, 5.74) is 4.31. The zero-order chi connectivity index (χ0) is 18.2. The van der Waals surface area contributed by atoms with Crippen molar-refractivity contribution in [2.24, 2.45) is 5.10 Å². The summed E-state index contributed by atoms with van der Waals surface area (Å²) in [7, 11) is 1.54. The summed E-state index contributed by atoms with van der Waals surface area (Å²) in [6.45, 7) is 1.81. The molecule has 0 aliphatic heterocycles. The van der Waals surface area contributed by atoms with Crippen molar-refractivity contribution in [1.29, 1.82) is 0 Å². The molecule has 0 saturated heterocycles. The Morgan fingerprint density at radius 1 is 1.20 bits per heavy atom. The van der Waals surface area contributed by atoms with E-state index >= 15 is 0 Å². The van der Waals surface area contributed by atoms with Gasteiger partial charge >= 0.3 is 0 Å². The molecule has 2 aromatic carbocycles. The summed E-state index contributed by atoms with van der Waals surface area (Å²) in [5.74, 6) is 0.637.